The second-order valence-electron chi connectivity index (χ2n) is 3.53. The molecule has 88 valence electrons. The summed E-state index contributed by atoms with van der Waals surface area (Å²) < 4.78 is 0.727. The SMILES string of the molecule is CSc1ccc(C(=O)Cc2ccc(Cl)s2)cc1. The second-order valence-corrected chi connectivity index (χ2v) is 6.21. The standard InChI is InChI=1S/C13H11ClOS2/c1-16-10-4-2-9(3-5-10)12(15)8-11-6-7-13(14)17-11/h2-7H,8H2,1H3. The van der Waals surface area contributed by atoms with Gasteiger partial charge >= 0.3 is 0 Å². The highest BCUT2D eigenvalue weighted by atomic mass is 35.5. The van der Waals surface area contributed by atoms with Gasteiger partial charge in [0.2, 0.25) is 0 Å². The maximum Gasteiger partial charge on any atom is 0.168 e. The number of thiophene rings is 1. The van der Waals surface area contributed by atoms with Gasteiger partial charge < -0.3 is 0 Å². The summed E-state index contributed by atoms with van der Waals surface area (Å²) in [4.78, 5) is 14.2. The topological polar surface area (TPSA) is 17.1 Å². The van der Waals surface area contributed by atoms with E-state index in [9.17, 15) is 4.79 Å². The van der Waals surface area contributed by atoms with Crippen molar-refractivity contribution in [1.29, 1.82) is 0 Å². The summed E-state index contributed by atoms with van der Waals surface area (Å²) in [7, 11) is 0. The smallest absolute Gasteiger partial charge is 0.168 e. The average Bonchev–Trinajstić information content (AvgIpc) is 2.75. The van der Waals surface area contributed by atoms with Gasteiger partial charge in [0, 0.05) is 21.8 Å². The molecule has 0 saturated heterocycles. The maximum absolute atomic E-state index is 12.0. The number of carbonyl (C=O) groups excluding carboxylic acids is 1. The Balaban J connectivity index is 2.09. The predicted molar refractivity (Wildman–Crippen MR) is 75.6 cm³/mol. The van der Waals surface area contributed by atoms with Crippen LogP contribution in [0.25, 0.3) is 0 Å². The van der Waals surface area contributed by atoms with Gasteiger partial charge in [0.1, 0.15) is 0 Å². The zero-order valence-corrected chi connectivity index (χ0v) is 11.7. The number of thioether (sulfide) groups is 1. The fraction of sp³-hybridized carbons (Fsp3) is 0.154. The summed E-state index contributed by atoms with van der Waals surface area (Å²) in [5, 5.41) is 0. The van der Waals surface area contributed by atoms with Crippen LogP contribution >= 0.6 is 34.7 Å². The van der Waals surface area contributed by atoms with E-state index in [4.69, 9.17) is 11.6 Å². The molecule has 0 spiro atoms. The Kier molecular flexibility index (Phi) is 4.26. The van der Waals surface area contributed by atoms with Crippen LogP contribution < -0.4 is 0 Å². The Hall–Kier alpha value is -0.770. The highest BCUT2D eigenvalue weighted by Crippen LogP contribution is 2.23. The Bertz CT molecular complexity index is 516. The molecule has 0 aliphatic rings. The molecule has 0 aliphatic carbocycles. The number of halogens is 1. The van der Waals surface area contributed by atoms with E-state index in [1.54, 1.807) is 11.8 Å². The predicted octanol–water partition coefficient (Wildman–Crippen LogP) is 4.55. The van der Waals surface area contributed by atoms with Crippen LogP contribution in [0.4, 0.5) is 0 Å². The van der Waals surface area contributed by atoms with Crippen LogP contribution in [0.1, 0.15) is 15.2 Å². The van der Waals surface area contributed by atoms with Crippen LogP contribution in [0.5, 0.6) is 0 Å². The molecule has 1 nitrogen and oxygen atoms in total. The van der Waals surface area contributed by atoms with Crippen molar-refractivity contribution in [3.8, 4) is 0 Å². The van der Waals surface area contributed by atoms with E-state index in [1.807, 2.05) is 42.7 Å². The molecular weight excluding hydrogens is 272 g/mol. The molecule has 1 aromatic carbocycles. The lowest BCUT2D eigenvalue weighted by molar-refractivity contribution is 0.0994. The summed E-state index contributed by atoms with van der Waals surface area (Å²) >= 11 is 8.96. The van der Waals surface area contributed by atoms with Gasteiger partial charge in [0.15, 0.2) is 5.78 Å². The first-order chi connectivity index (χ1) is 8.19. The molecule has 1 heterocycles. The molecule has 4 heteroatoms. The minimum absolute atomic E-state index is 0.135. The van der Waals surface area contributed by atoms with Gasteiger partial charge in [-0.25, -0.2) is 0 Å². The molecule has 0 radical (unpaired) electrons. The number of hydrogen-bond acceptors (Lipinski definition) is 3. The molecule has 1 aromatic heterocycles. The lowest BCUT2D eigenvalue weighted by Gasteiger charge is -2.00. The third kappa shape index (κ3) is 3.35. The highest BCUT2D eigenvalue weighted by molar-refractivity contribution is 7.98. The summed E-state index contributed by atoms with van der Waals surface area (Å²) in [6, 6.07) is 11.4. The van der Waals surface area contributed by atoms with Crippen molar-refractivity contribution in [2.45, 2.75) is 11.3 Å². The number of benzene rings is 1. The van der Waals surface area contributed by atoms with Crippen molar-refractivity contribution in [1.82, 2.24) is 0 Å². The van der Waals surface area contributed by atoms with Gasteiger partial charge in [-0.2, -0.15) is 0 Å². The Morgan fingerprint density at radius 1 is 1.24 bits per heavy atom. The number of Topliss-reactive ketones (excluding diaryl/α,β-unsaturated/α-hetero) is 1. The van der Waals surface area contributed by atoms with E-state index < -0.39 is 0 Å². The van der Waals surface area contributed by atoms with E-state index in [0.717, 1.165) is 14.8 Å². The lowest BCUT2D eigenvalue weighted by atomic mass is 10.1. The van der Waals surface area contributed by atoms with Crippen LogP contribution in [0.2, 0.25) is 4.34 Å². The number of ketones is 1. The van der Waals surface area contributed by atoms with Crippen molar-refractivity contribution >= 4 is 40.5 Å². The Morgan fingerprint density at radius 3 is 2.47 bits per heavy atom. The fourth-order valence-corrected chi connectivity index (χ4v) is 2.98. The highest BCUT2D eigenvalue weighted by Gasteiger charge is 2.08. The average molecular weight is 283 g/mol. The number of carbonyl (C=O) groups is 1. The zero-order valence-electron chi connectivity index (χ0n) is 9.27. The summed E-state index contributed by atoms with van der Waals surface area (Å²) in [6.45, 7) is 0. The molecule has 0 aliphatic heterocycles. The molecule has 0 amide bonds. The summed E-state index contributed by atoms with van der Waals surface area (Å²) in [6.07, 6.45) is 2.44. The second kappa shape index (κ2) is 5.71. The minimum atomic E-state index is 0.135. The Labute approximate surface area is 114 Å². The third-order valence-electron chi connectivity index (χ3n) is 2.38. The quantitative estimate of drug-likeness (QED) is 0.604. The van der Waals surface area contributed by atoms with Crippen molar-refractivity contribution in [3.05, 3.63) is 51.2 Å². The van der Waals surface area contributed by atoms with Gasteiger partial charge in [-0.15, -0.1) is 23.1 Å². The van der Waals surface area contributed by atoms with Crippen molar-refractivity contribution < 1.29 is 4.79 Å². The molecule has 17 heavy (non-hydrogen) atoms. The van der Waals surface area contributed by atoms with Gasteiger partial charge in [-0.1, -0.05) is 23.7 Å². The van der Waals surface area contributed by atoms with Crippen LogP contribution in [0, 0.1) is 0 Å². The van der Waals surface area contributed by atoms with Crippen molar-refractivity contribution in [2.24, 2.45) is 0 Å². The third-order valence-corrected chi connectivity index (χ3v) is 4.35. The molecule has 0 atom stereocenters. The first kappa shape index (κ1) is 12.7. The molecule has 2 rings (SSSR count). The molecule has 0 bridgehead atoms. The van der Waals surface area contributed by atoms with Crippen LogP contribution in [0.15, 0.2) is 41.3 Å². The number of hydrogen-bond donors (Lipinski definition) is 0. The molecule has 2 aromatic rings. The van der Waals surface area contributed by atoms with Crippen molar-refractivity contribution in [2.75, 3.05) is 6.26 Å². The number of rotatable bonds is 4. The molecular formula is C13H11ClOS2. The first-order valence-electron chi connectivity index (χ1n) is 5.10. The van der Waals surface area contributed by atoms with Crippen LogP contribution in [-0.2, 0) is 6.42 Å². The lowest BCUT2D eigenvalue weighted by Crippen LogP contribution is -2.01. The van der Waals surface area contributed by atoms with E-state index in [1.165, 1.54) is 16.2 Å². The van der Waals surface area contributed by atoms with Gasteiger partial charge in [-0.05, 0) is 30.5 Å². The van der Waals surface area contributed by atoms with Gasteiger partial charge in [-0.3, -0.25) is 4.79 Å². The maximum atomic E-state index is 12.0. The van der Waals surface area contributed by atoms with E-state index in [-0.39, 0.29) is 5.78 Å². The minimum Gasteiger partial charge on any atom is -0.294 e. The molecule has 0 N–H and O–H groups in total. The van der Waals surface area contributed by atoms with Crippen molar-refractivity contribution in [3.63, 3.8) is 0 Å². The molecule has 0 fully saturated rings. The molecule has 0 unspecified atom stereocenters. The summed E-state index contributed by atoms with van der Waals surface area (Å²) in [5.41, 5.74) is 0.757. The normalized spacial score (nSPS) is 10.5. The van der Waals surface area contributed by atoms with Crippen LogP contribution in [0.3, 0.4) is 0 Å². The monoisotopic (exact) mass is 282 g/mol. The van der Waals surface area contributed by atoms with E-state index in [2.05, 4.69) is 0 Å². The van der Waals surface area contributed by atoms with Crippen LogP contribution in [-0.4, -0.2) is 12.0 Å². The summed E-state index contributed by atoms with van der Waals surface area (Å²) in [5.74, 6) is 0.135. The van der Waals surface area contributed by atoms with Gasteiger partial charge in [0.05, 0.1) is 4.34 Å². The largest absolute Gasteiger partial charge is 0.294 e. The first-order valence-corrected chi connectivity index (χ1v) is 7.52. The Morgan fingerprint density at radius 2 is 1.94 bits per heavy atom. The zero-order chi connectivity index (χ0) is 12.3. The molecule has 0 saturated carbocycles. The van der Waals surface area contributed by atoms with Gasteiger partial charge in [0.25, 0.3) is 0 Å². The fourth-order valence-electron chi connectivity index (χ4n) is 1.48. The van der Waals surface area contributed by atoms with E-state index in [0.29, 0.717) is 6.42 Å². The van der Waals surface area contributed by atoms with E-state index >= 15 is 0 Å².